The van der Waals surface area contributed by atoms with Crippen molar-refractivity contribution >= 4 is 23.1 Å². The molecule has 2 aromatic rings. The molecule has 1 aliphatic rings. The van der Waals surface area contributed by atoms with Crippen molar-refractivity contribution in [1.29, 1.82) is 0 Å². The second-order valence-electron chi connectivity index (χ2n) is 5.17. The fraction of sp³-hybridized carbons (Fsp3) is 0.375. The van der Waals surface area contributed by atoms with Gasteiger partial charge in [-0.15, -0.1) is 23.1 Å². The third-order valence-electron chi connectivity index (χ3n) is 3.41. The van der Waals surface area contributed by atoms with E-state index in [2.05, 4.69) is 37.4 Å². The molecule has 0 fully saturated rings. The van der Waals surface area contributed by atoms with Crippen LogP contribution in [0.2, 0.25) is 0 Å². The average molecular weight is 321 g/mol. The maximum Gasteiger partial charge on any atom is 0.162 e. The summed E-state index contributed by atoms with van der Waals surface area (Å²) >= 11 is 3.57. The number of ether oxygens (including phenoxy) is 2. The van der Waals surface area contributed by atoms with Gasteiger partial charge < -0.3 is 15.2 Å². The molecule has 3 rings (SSSR count). The third-order valence-corrected chi connectivity index (χ3v) is 6.11. The predicted octanol–water partition coefficient (Wildman–Crippen LogP) is 4.01. The Kier molecular flexibility index (Phi) is 4.42. The summed E-state index contributed by atoms with van der Waals surface area (Å²) in [5.74, 6) is 1.66. The molecule has 21 heavy (non-hydrogen) atoms. The lowest BCUT2D eigenvalue weighted by Crippen LogP contribution is -2.22. The first-order chi connectivity index (χ1) is 10.1. The largest absolute Gasteiger partial charge is 0.486 e. The second kappa shape index (κ2) is 6.30. The first-order valence-electron chi connectivity index (χ1n) is 7.01. The van der Waals surface area contributed by atoms with Crippen LogP contribution in [-0.2, 0) is 0 Å². The Labute approximate surface area is 133 Å². The van der Waals surface area contributed by atoms with Crippen molar-refractivity contribution in [1.82, 2.24) is 0 Å². The first-order valence-corrected chi connectivity index (χ1v) is 8.77. The molecule has 5 heteroatoms. The summed E-state index contributed by atoms with van der Waals surface area (Å²) in [7, 11) is 0. The lowest BCUT2D eigenvalue weighted by atomic mass is 10.1. The van der Waals surface area contributed by atoms with Crippen molar-refractivity contribution in [3.8, 4) is 11.5 Å². The molecule has 0 saturated carbocycles. The van der Waals surface area contributed by atoms with Crippen molar-refractivity contribution in [3.05, 3.63) is 40.1 Å². The van der Waals surface area contributed by atoms with Crippen LogP contribution in [-0.4, -0.2) is 19.3 Å². The van der Waals surface area contributed by atoms with E-state index in [1.54, 1.807) is 23.1 Å². The highest BCUT2D eigenvalue weighted by Crippen LogP contribution is 2.43. The number of hydrogen-bond donors (Lipinski definition) is 1. The molecular formula is C16H19NO2S2. The molecule has 2 unspecified atom stereocenters. The van der Waals surface area contributed by atoms with E-state index in [9.17, 15) is 0 Å². The van der Waals surface area contributed by atoms with Crippen molar-refractivity contribution in [2.45, 2.75) is 30.0 Å². The maximum atomic E-state index is 6.21. The summed E-state index contributed by atoms with van der Waals surface area (Å²) in [5.41, 5.74) is 7.52. The quantitative estimate of drug-likeness (QED) is 0.864. The van der Waals surface area contributed by atoms with E-state index >= 15 is 0 Å². The zero-order valence-corrected chi connectivity index (χ0v) is 13.8. The monoisotopic (exact) mass is 321 g/mol. The van der Waals surface area contributed by atoms with Crippen LogP contribution in [0.25, 0.3) is 0 Å². The van der Waals surface area contributed by atoms with Gasteiger partial charge in [-0.05, 0) is 49.1 Å². The molecule has 0 radical (unpaired) electrons. The molecule has 1 aliphatic heterocycles. The van der Waals surface area contributed by atoms with Crippen LogP contribution >= 0.6 is 23.1 Å². The van der Waals surface area contributed by atoms with Gasteiger partial charge in [0.05, 0.1) is 5.25 Å². The fourth-order valence-corrected chi connectivity index (χ4v) is 4.77. The van der Waals surface area contributed by atoms with Gasteiger partial charge in [-0.2, -0.15) is 0 Å². The van der Waals surface area contributed by atoms with E-state index in [-0.39, 0.29) is 11.3 Å². The van der Waals surface area contributed by atoms with Gasteiger partial charge in [0, 0.05) is 15.8 Å². The molecule has 0 amide bonds. The van der Waals surface area contributed by atoms with Crippen LogP contribution in [0.4, 0.5) is 0 Å². The molecule has 2 heterocycles. The van der Waals surface area contributed by atoms with Gasteiger partial charge in [0.25, 0.3) is 0 Å². The highest BCUT2D eigenvalue weighted by Gasteiger charge is 2.22. The summed E-state index contributed by atoms with van der Waals surface area (Å²) in [6.07, 6.45) is 0. The Morgan fingerprint density at radius 2 is 1.95 bits per heavy atom. The normalized spacial score (nSPS) is 16.5. The van der Waals surface area contributed by atoms with Gasteiger partial charge in [0.15, 0.2) is 11.5 Å². The molecule has 1 aromatic heterocycles. The Morgan fingerprint density at radius 3 is 2.62 bits per heavy atom. The summed E-state index contributed by atoms with van der Waals surface area (Å²) in [6, 6.07) is 8.35. The fourth-order valence-electron chi connectivity index (χ4n) is 2.32. The first kappa shape index (κ1) is 14.8. The number of benzene rings is 1. The van der Waals surface area contributed by atoms with Crippen molar-refractivity contribution in [2.75, 3.05) is 13.2 Å². The van der Waals surface area contributed by atoms with Crippen LogP contribution < -0.4 is 15.2 Å². The third kappa shape index (κ3) is 3.20. The Bertz CT molecular complexity index is 624. The van der Waals surface area contributed by atoms with Crippen molar-refractivity contribution < 1.29 is 9.47 Å². The Morgan fingerprint density at radius 1 is 1.19 bits per heavy atom. The topological polar surface area (TPSA) is 44.5 Å². The lowest BCUT2D eigenvalue weighted by molar-refractivity contribution is 0.171. The molecule has 0 bridgehead atoms. The number of nitrogens with two attached hydrogens (primary N) is 1. The molecule has 112 valence electrons. The SMILES string of the molecule is Cc1ccsc1C(Sc1ccc2c(c1)OCCO2)C(C)N. The van der Waals surface area contributed by atoms with Gasteiger partial charge in [-0.1, -0.05) is 0 Å². The number of aryl methyl sites for hydroxylation is 1. The van der Waals surface area contributed by atoms with E-state index in [4.69, 9.17) is 15.2 Å². The number of fused-ring (bicyclic) bond motifs is 1. The number of thioether (sulfide) groups is 1. The van der Waals surface area contributed by atoms with Crippen LogP contribution in [0.5, 0.6) is 11.5 Å². The van der Waals surface area contributed by atoms with Gasteiger partial charge in [0.2, 0.25) is 0 Å². The smallest absolute Gasteiger partial charge is 0.162 e. The molecule has 0 spiro atoms. The molecular weight excluding hydrogens is 302 g/mol. The summed E-state index contributed by atoms with van der Waals surface area (Å²) in [4.78, 5) is 2.51. The van der Waals surface area contributed by atoms with Gasteiger partial charge in [-0.3, -0.25) is 0 Å². The van der Waals surface area contributed by atoms with Crippen molar-refractivity contribution in [3.63, 3.8) is 0 Å². The minimum Gasteiger partial charge on any atom is -0.486 e. The van der Waals surface area contributed by atoms with Crippen LogP contribution in [0, 0.1) is 6.92 Å². The minimum atomic E-state index is 0.0838. The Hall–Kier alpha value is -1.17. The molecule has 0 aliphatic carbocycles. The van der Waals surface area contributed by atoms with E-state index in [0.717, 1.165) is 16.4 Å². The molecule has 1 aromatic carbocycles. The molecule has 3 nitrogen and oxygen atoms in total. The van der Waals surface area contributed by atoms with Gasteiger partial charge >= 0.3 is 0 Å². The van der Waals surface area contributed by atoms with Crippen LogP contribution in [0.3, 0.4) is 0 Å². The molecule has 2 N–H and O–H groups in total. The van der Waals surface area contributed by atoms with Gasteiger partial charge in [-0.25, -0.2) is 0 Å². The average Bonchev–Trinajstić information content (AvgIpc) is 2.90. The van der Waals surface area contributed by atoms with Crippen molar-refractivity contribution in [2.24, 2.45) is 5.73 Å². The predicted molar refractivity (Wildman–Crippen MR) is 88.7 cm³/mol. The highest BCUT2D eigenvalue weighted by molar-refractivity contribution is 7.99. The van der Waals surface area contributed by atoms with E-state index in [1.165, 1.54) is 10.4 Å². The van der Waals surface area contributed by atoms with Crippen LogP contribution in [0.1, 0.15) is 22.6 Å². The molecule has 0 saturated heterocycles. The maximum absolute atomic E-state index is 6.21. The number of hydrogen-bond acceptors (Lipinski definition) is 5. The summed E-state index contributed by atoms with van der Waals surface area (Å²) < 4.78 is 11.2. The van der Waals surface area contributed by atoms with Crippen LogP contribution in [0.15, 0.2) is 34.5 Å². The summed E-state index contributed by atoms with van der Waals surface area (Å²) in [5, 5.41) is 2.39. The number of thiophene rings is 1. The second-order valence-corrected chi connectivity index (χ2v) is 7.33. The molecule has 2 atom stereocenters. The summed E-state index contributed by atoms with van der Waals surface area (Å²) in [6.45, 7) is 5.44. The lowest BCUT2D eigenvalue weighted by Gasteiger charge is -2.22. The number of rotatable bonds is 4. The zero-order valence-electron chi connectivity index (χ0n) is 12.2. The van der Waals surface area contributed by atoms with E-state index < -0.39 is 0 Å². The highest BCUT2D eigenvalue weighted by atomic mass is 32.2. The van der Waals surface area contributed by atoms with E-state index in [1.807, 2.05) is 6.07 Å². The van der Waals surface area contributed by atoms with Gasteiger partial charge in [0.1, 0.15) is 13.2 Å². The van der Waals surface area contributed by atoms with E-state index in [0.29, 0.717) is 13.2 Å². The standard InChI is InChI=1S/C16H19NO2S2/c1-10-5-8-20-15(10)16(11(2)17)21-12-3-4-13-14(9-12)19-7-6-18-13/h3-5,8-9,11,16H,6-7,17H2,1-2H3. The zero-order chi connectivity index (χ0) is 14.8. The Balaban J connectivity index is 1.85. The minimum absolute atomic E-state index is 0.0838.